The topological polar surface area (TPSA) is 64.0 Å². The van der Waals surface area contributed by atoms with E-state index in [2.05, 4.69) is 10.4 Å². The summed E-state index contributed by atoms with van der Waals surface area (Å²) in [5.74, 6) is 0.328. The van der Waals surface area contributed by atoms with E-state index in [9.17, 15) is 9.59 Å². The fraction of sp³-hybridized carbons (Fsp3) is 0.250. The summed E-state index contributed by atoms with van der Waals surface area (Å²) >= 11 is 5.47. The number of aromatic nitrogens is 2. The molecule has 0 saturated heterocycles. The number of fused-ring (bicyclic) bond motifs is 1. The zero-order valence-electron chi connectivity index (χ0n) is 9.81. The van der Waals surface area contributed by atoms with Crippen LogP contribution in [0.3, 0.4) is 0 Å². The minimum absolute atomic E-state index is 0.153. The van der Waals surface area contributed by atoms with Crippen LogP contribution in [0.4, 0.5) is 0 Å². The molecule has 0 atom stereocenters. The van der Waals surface area contributed by atoms with Crippen molar-refractivity contribution >= 4 is 28.4 Å². The maximum Gasteiger partial charge on any atom is 0.280 e. The van der Waals surface area contributed by atoms with Gasteiger partial charge in [0.15, 0.2) is 0 Å². The number of nitrogens with zero attached hydrogens (tertiary/aromatic N) is 2. The van der Waals surface area contributed by atoms with E-state index in [1.165, 1.54) is 0 Å². The van der Waals surface area contributed by atoms with Gasteiger partial charge in [0.1, 0.15) is 5.82 Å². The molecule has 5 nitrogen and oxygen atoms in total. The maximum absolute atomic E-state index is 12.2. The zero-order chi connectivity index (χ0) is 13.1. The van der Waals surface area contributed by atoms with Gasteiger partial charge in [0.25, 0.3) is 5.56 Å². The van der Waals surface area contributed by atoms with Crippen LogP contribution in [0.1, 0.15) is 12.2 Å². The lowest BCUT2D eigenvalue weighted by atomic mass is 10.2. The summed E-state index contributed by atoms with van der Waals surface area (Å²) in [5, 5.41) is 0.467. The van der Waals surface area contributed by atoms with E-state index < -0.39 is 0 Å². The predicted molar refractivity (Wildman–Crippen MR) is 70.4 cm³/mol. The van der Waals surface area contributed by atoms with Gasteiger partial charge < -0.3 is 0 Å². The third-order valence-corrected chi connectivity index (χ3v) is 2.69. The summed E-state index contributed by atoms with van der Waals surface area (Å²) in [6.07, 6.45) is 0.153. The van der Waals surface area contributed by atoms with Crippen LogP contribution >= 0.6 is 11.6 Å². The van der Waals surface area contributed by atoms with Crippen LogP contribution in [0.5, 0.6) is 0 Å². The van der Waals surface area contributed by atoms with Crippen molar-refractivity contribution in [3.05, 3.63) is 40.4 Å². The summed E-state index contributed by atoms with van der Waals surface area (Å²) in [5.41, 5.74) is 2.81. The van der Waals surface area contributed by atoms with Crippen LogP contribution < -0.4 is 11.0 Å². The molecule has 0 spiro atoms. The van der Waals surface area contributed by atoms with E-state index in [1.807, 2.05) is 6.07 Å². The fourth-order valence-corrected chi connectivity index (χ4v) is 1.81. The minimum Gasteiger partial charge on any atom is -0.273 e. The van der Waals surface area contributed by atoms with E-state index in [0.29, 0.717) is 16.7 Å². The fourth-order valence-electron chi connectivity index (χ4n) is 1.64. The lowest BCUT2D eigenvalue weighted by molar-refractivity contribution is -0.116. The highest BCUT2D eigenvalue weighted by Crippen LogP contribution is 2.06. The van der Waals surface area contributed by atoms with Gasteiger partial charge in [-0.25, -0.2) is 9.66 Å². The van der Waals surface area contributed by atoms with Crippen LogP contribution in [0.2, 0.25) is 0 Å². The number of amides is 1. The van der Waals surface area contributed by atoms with Gasteiger partial charge in [-0.15, -0.1) is 11.6 Å². The molecule has 0 aliphatic heterocycles. The Hall–Kier alpha value is -1.88. The first-order valence-electron chi connectivity index (χ1n) is 5.47. The Kier molecular flexibility index (Phi) is 3.62. The number of carbonyl (C=O) groups is 1. The van der Waals surface area contributed by atoms with Gasteiger partial charge in [0, 0.05) is 12.3 Å². The second kappa shape index (κ2) is 5.18. The molecule has 0 fully saturated rings. The molecular formula is C12H12ClN3O2. The average molecular weight is 266 g/mol. The SMILES string of the molecule is Cc1nc2ccccc2c(=O)n1NC(=O)CCCl. The molecule has 6 heteroatoms. The van der Waals surface area contributed by atoms with Gasteiger partial charge in [0.2, 0.25) is 5.91 Å². The van der Waals surface area contributed by atoms with E-state index >= 15 is 0 Å². The van der Waals surface area contributed by atoms with Gasteiger partial charge >= 0.3 is 0 Å². The van der Waals surface area contributed by atoms with Crippen LogP contribution in [0, 0.1) is 6.92 Å². The van der Waals surface area contributed by atoms with E-state index in [0.717, 1.165) is 4.68 Å². The molecule has 0 bridgehead atoms. The first-order chi connectivity index (χ1) is 8.63. The molecule has 0 unspecified atom stereocenters. The molecule has 1 amide bonds. The van der Waals surface area contributed by atoms with Crippen molar-refractivity contribution in [3.8, 4) is 0 Å². The number of aryl methyl sites for hydroxylation is 1. The number of nitrogens with one attached hydrogen (secondary N) is 1. The van der Waals surface area contributed by atoms with Crippen molar-refractivity contribution in [2.24, 2.45) is 0 Å². The summed E-state index contributed by atoms with van der Waals surface area (Å²) < 4.78 is 1.15. The quantitative estimate of drug-likeness (QED) is 0.854. The molecule has 0 radical (unpaired) electrons. The van der Waals surface area contributed by atoms with Crippen molar-refractivity contribution in [2.75, 3.05) is 11.3 Å². The number of alkyl halides is 1. The molecule has 94 valence electrons. The van der Waals surface area contributed by atoms with E-state index in [1.54, 1.807) is 25.1 Å². The molecular weight excluding hydrogens is 254 g/mol. The number of rotatable bonds is 3. The first kappa shape index (κ1) is 12.6. The maximum atomic E-state index is 12.2. The number of hydrogen-bond acceptors (Lipinski definition) is 3. The van der Waals surface area contributed by atoms with Crippen LogP contribution in [-0.4, -0.2) is 21.4 Å². The number of para-hydroxylation sites is 1. The summed E-state index contributed by atoms with van der Waals surface area (Å²) in [4.78, 5) is 27.9. The highest BCUT2D eigenvalue weighted by Gasteiger charge is 2.09. The van der Waals surface area contributed by atoms with Gasteiger partial charge in [-0.3, -0.25) is 15.0 Å². The summed E-state index contributed by atoms with van der Waals surface area (Å²) in [6.45, 7) is 1.66. The molecule has 1 heterocycles. The molecule has 2 aromatic rings. The zero-order valence-corrected chi connectivity index (χ0v) is 10.6. The third kappa shape index (κ3) is 2.36. The molecule has 0 aliphatic rings. The molecule has 1 aromatic heterocycles. The normalized spacial score (nSPS) is 10.6. The van der Waals surface area contributed by atoms with E-state index in [4.69, 9.17) is 11.6 Å². The van der Waals surface area contributed by atoms with Crippen LogP contribution in [0.15, 0.2) is 29.1 Å². The van der Waals surface area contributed by atoms with Gasteiger partial charge in [-0.2, -0.15) is 0 Å². The Morgan fingerprint density at radius 3 is 2.89 bits per heavy atom. The summed E-state index contributed by atoms with van der Waals surface area (Å²) in [7, 11) is 0. The van der Waals surface area contributed by atoms with Gasteiger partial charge in [-0.05, 0) is 19.1 Å². The Morgan fingerprint density at radius 2 is 2.17 bits per heavy atom. The Bertz CT molecular complexity index is 651. The van der Waals surface area contributed by atoms with E-state index in [-0.39, 0.29) is 23.8 Å². The van der Waals surface area contributed by atoms with Gasteiger partial charge in [0.05, 0.1) is 10.9 Å². The molecule has 0 aliphatic carbocycles. The van der Waals surface area contributed by atoms with Crippen molar-refractivity contribution in [2.45, 2.75) is 13.3 Å². The largest absolute Gasteiger partial charge is 0.280 e. The molecule has 2 rings (SSSR count). The lowest BCUT2D eigenvalue weighted by Gasteiger charge is -2.11. The van der Waals surface area contributed by atoms with Crippen LogP contribution in [-0.2, 0) is 4.79 Å². The number of benzene rings is 1. The van der Waals surface area contributed by atoms with Crippen molar-refractivity contribution in [1.82, 2.24) is 9.66 Å². The standard InChI is InChI=1S/C12H12ClN3O2/c1-8-14-10-5-3-2-4-9(10)12(18)16(8)15-11(17)6-7-13/h2-5H,6-7H2,1H3,(H,15,17). The monoisotopic (exact) mass is 265 g/mol. The minimum atomic E-state index is -0.313. The van der Waals surface area contributed by atoms with Crippen molar-refractivity contribution < 1.29 is 4.79 Å². The Balaban J connectivity index is 2.51. The Labute approximate surface area is 108 Å². The smallest absolute Gasteiger partial charge is 0.273 e. The van der Waals surface area contributed by atoms with Gasteiger partial charge in [-0.1, -0.05) is 12.1 Å². The number of hydrogen-bond donors (Lipinski definition) is 1. The molecule has 1 N–H and O–H groups in total. The lowest BCUT2D eigenvalue weighted by Crippen LogP contribution is -2.35. The predicted octanol–water partition coefficient (Wildman–Crippen LogP) is 1.40. The second-order valence-electron chi connectivity index (χ2n) is 3.79. The van der Waals surface area contributed by atoms with Crippen molar-refractivity contribution in [3.63, 3.8) is 0 Å². The van der Waals surface area contributed by atoms with Crippen LogP contribution in [0.25, 0.3) is 10.9 Å². The summed E-state index contributed by atoms with van der Waals surface area (Å²) in [6, 6.07) is 7.00. The Morgan fingerprint density at radius 1 is 1.44 bits per heavy atom. The molecule has 0 saturated carbocycles. The molecule has 1 aromatic carbocycles. The molecule has 18 heavy (non-hydrogen) atoms. The van der Waals surface area contributed by atoms with Crippen molar-refractivity contribution in [1.29, 1.82) is 0 Å². The first-order valence-corrected chi connectivity index (χ1v) is 6.01. The highest BCUT2D eigenvalue weighted by atomic mass is 35.5. The number of halogens is 1. The number of carbonyl (C=O) groups excluding carboxylic acids is 1. The second-order valence-corrected chi connectivity index (χ2v) is 4.17. The highest BCUT2D eigenvalue weighted by molar-refractivity contribution is 6.19. The third-order valence-electron chi connectivity index (χ3n) is 2.50. The average Bonchev–Trinajstić information content (AvgIpc) is 2.35.